The molecule has 1 saturated heterocycles. The molecule has 1 aromatic heterocycles. The molecule has 1 fully saturated rings. The van der Waals surface area contributed by atoms with Gasteiger partial charge in [0.2, 0.25) is 5.91 Å². The molecule has 5 rings (SSSR count). The van der Waals surface area contributed by atoms with Crippen molar-refractivity contribution in [2.24, 2.45) is 0 Å². The third-order valence-electron chi connectivity index (χ3n) is 7.83. The molecule has 38 heavy (non-hydrogen) atoms. The number of hydrogen-bond acceptors (Lipinski definition) is 3. The molecule has 1 unspecified atom stereocenters. The zero-order valence-electron chi connectivity index (χ0n) is 23.0. The van der Waals surface area contributed by atoms with Crippen LogP contribution >= 0.6 is 0 Å². The van der Waals surface area contributed by atoms with E-state index in [0.29, 0.717) is 19.6 Å². The molecule has 2 heterocycles. The maximum absolute atomic E-state index is 13.1. The number of aryl methyl sites for hydroxylation is 3. The monoisotopic (exact) mass is 509 g/mol. The first-order valence-corrected chi connectivity index (χ1v) is 14.1. The topological polar surface area (TPSA) is 47.4 Å². The molecule has 0 saturated carbocycles. The Labute approximate surface area is 226 Å². The Balaban J connectivity index is 1.26. The van der Waals surface area contributed by atoms with E-state index >= 15 is 0 Å². The normalized spacial score (nSPS) is 15.5. The predicted octanol–water partition coefficient (Wildman–Crippen LogP) is 7.38. The third kappa shape index (κ3) is 5.62. The van der Waals surface area contributed by atoms with E-state index in [4.69, 9.17) is 9.72 Å². The summed E-state index contributed by atoms with van der Waals surface area (Å²) in [5.41, 5.74) is 6.93. The van der Waals surface area contributed by atoms with E-state index < -0.39 is 0 Å². The first-order chi connectivity index (χ1) is 18.5. The van der Waals surface area contributed by atoms with Crippen LogP contribution < -0.4 is 9.64 Å². The van der Waals surface area contributed by atoms with Gasteiger partial charge in [0.25, 0.3) is 0 Å². The van der Waals surface area contributed by atoms with E-state index in [-0.39, 0.29) is 11.8 Å². The van der Waals surface area contributed by atoms with Crippen LogP contribution in [0.5, 0.6) is 5.75 Å². The zero-order valence-corrected chi connectivity index (χ0v) is 23.0. The molecule has 198 valence electrons. The van der Waals surface area contributed by atoms with E-state index in [1.807, 2.05) is 17.0 Å². The highest BCUT2D eigenvalue weighted by Gasteiger charge is 2.34. The number of carbonyl (C=O) groups is 1. The second-order valence-electron chi connectivity index (χ2n) is 10.5. The molecule has 1 aliphatic rings. The van der Waals surface area contributed by atoms with Gasteiger partial charge in [-0.1, -0.05) is 49.7 Å². The summed E-state index contributed by atoms with van der Waals surface area (Å²) in [5.74, 6) is 2.26. The number of hydrogen-bond donors (Lipinski definition) is 0. The largest absolute Gasteiger partial charge is 0.493 e. The Kier molecular flexibility index (Phi) is 8.11. The Morgan fingerprint density at radius 1 is 0.947 bits per heavy atom. The average molecular weight is 510 g/mol. The van der Waals surface area contributed by atoms with Crippen LogP contribution in [0.25, 0.3) is 11.0 Å². The Hall–Kier alpha value is -3.60. The van der Waals surface area contributed by atoms with Crippen molar-refractivity contribution in [1.82, 2.24) is 9.55 Å². The molecular weight excluding hydrogens is 470 g/mol. The highest BCUT2D eigenvalue weighted by molar-refractivity contribution is 5.96. The van der Waals surface area contributed by atoms with Crippen LogP contribution in [0.1, 0.15) is 67.5 Å². The molecule has 4 aromatic rings. The lowest BCUT2D eigenvalue weighted by Crippen LogP contribution is -2.24. The zero-order chi connectivity index (χ0) is 26.5. The highest BCUT2D eigenvalue weighted by Crippen LogP contribution is 2.33. The molecule has 1 amide bonds. The van der Waals surface area contributed by atoms with Crippen LogP contribution in [0.15, 0.2) is 66.7 Å². The molecule has 0 N–H and O–H groups in total. The van der Waals surface area contributed by atoms with Gasteiger partial charge in [0.05, 0.1) is 17.6 Å². The number of aromatic nitrogens is 2. The van der Waals surface area contributed by atoms with Gasteiger partial charge in [-0.15, -0.1) is 0 Å². The fraction of sp³-hybridized carbons (Fsp3) is 0.394. The number of imidazole rings is 1. The van der Waals surface area contributed by atoms with E-state index in [9.17, 15) is 4.79 Å². The summed E-state index contributed by atoms with van der Waals surface area (Å²) in [7, 11) is 0. The molecule has 0 bridgehead atoms. The minimum atomic E-state index is 0.0841. The lowest BCUT2D eigenvalue weighted by Gasteiger charge is -2.18. The molecule has 5 nitrogen and oxygen atoms in total. The average Bonchev–Trinajstić information content (AvgIpc) is 3.50. The summed E-state index contributed by atoms with van der Waals surface area (Å²) in [5, 5.41) is 0. The van der Waals surface area contributed by atoms with Crippen LogP contribution in [-0.2, 0) is 17.8 Å². The van der Waals surface area contributed by atoms with Crippen LogP contribution in [0.3, 0.4) is 0 Å². The van der Waals surface area contributed by atoms with Gasteiger partial charge in [-0.3, -0.25) is 4.79 Å². The quantitative estimate of drug-likeness (QED) is 0.198. The number of ether oxygens (including phenoxy) is 1. The van der Waals surface area contributed by atoms with Gasteiger partial charge in [0.1, 0.15) is 11.6 Å². The Morgan fingerprint density at radius 2 is 1.76 bits per heavy atom. The number of para-hydroxylation sites is 2. The van der Waals surface area contributed by atoms with Crippen molar-refractivity contribution >= 4 is 22.6 Å². The fourth-order valence-electron chi connectivity index (χ4n) is 5.43. The number of nitrogens with zero attached hydrogens (tertiary/aromatic N) is 3. The van der Waals surface area contributed by atoms with E-state index in [1.54, 1.807) is 0 Å². The molecule has 1 atom stereocenters. The lowest BCUT2D eigenvalue weighted by atomic mass is 10.1. The van der Waals surface area contributed by atoms with Crippen molar-refractivity contribution in [2.75, 3.05) is 18.1 Å². The minimum absolute atomic E-state index is 0.0841. The highest BCUT2D eigenvalue weighted by atomic mass is 16.5. The number of fused-ring (bicyclic) bond motifs is 1. The smallest absolute Gasteiger partial charge is 0.227 e. The van der Waals surface area contributed by atoms with E-state index in [0.717, 1.165) is 54.1 Å². The number of rotatable bonds is 11. The number of amides is 1. The number of unbranched alkanes of at least 4 members (excludes halogenated alkanes) is 2. The van der Waals surface area contributed by atoms with Crippen molar-refractivity contribution in [3.63, 3.8) is 0 Å². The molecule has 5 heteroatoms. The lowest BCUT2D eigenvalue weighted by molar-refractivity contribution is -0.117. The summed E-state index contributed by atoms with van der Waals surface area (Å²) in [4.78, 5) is 20.1. The van der Waals surface area contributed by atoms with Gasteiger partial charge in [-0.05, 0) is 86.6 Å². The number of anilines is 1. The van der Waals surface area contributed by atoms with Gasteiger partial charge < -0.3 is 14.2 Å². The molecular formula is C33H39N3O2. The molecule has 0 spiro atoms. The second-order valence-corrected chi connectivity index (χ2v) is 10.5. The van der Waals surface area contributed by atoms with Gasteiger partial charge >= 0.3 is 0 Å². The van der Waals surface area contributed by atoms with Crippen molar-refractivity contribution in [3.8, 4) is 5.75 Å². The second kappa shape index (κ2) is 11.8. The predicted molar refractivity (Wildman–Crippen MR) is 155 cm³/mol. The van der Waals surface area contributed by atoms with Gasteiger partial charge in [0.15, 0.2) is 0 Å². The number of benzene rings is 3. The van der Waals surface area contributed by atoms with Crippen LogP contribution in [0.4, 0.5) is 5.69 Å². The summed E-state index contributed by atoms with van der Waals surface area (Å²) in [6.45, 7) is 8.67. The van der Waals surface area contributed by atoms with Crippen LogP contribution in [0, 0.1) is 13.8 Å². The molecule has 1 aliphatic heterocycles. The van der Waals surface area contributed by atoms with Crippen LogP contribution in [0.2, 0.25) is 0 Å². The maximum atomic E-state index is 13.1. The van der Waals surface area contributed by atoms with Gasteiger partial charge in [-0.25, -0.2) is 4.98 Å². The first-order valence-electron chi connectivity index (χ1n) is 14.1. The maximum Gasteiger partial charge on any atom is 0.227 e. The van der Waals surface area contributed by atoms with E-state index in [1.165, 1.54) is 29.5 Å². The fourth-order valence-corrected chi connectivity index (χ4v) is 5.43. The summed E-state index contributed by atoms with van der Waals surface area (Å²) >= 11 is 0. The van der Waals surface area contributed by atoms with E-state index in [2.05, 4.69) is 79.9 Å². The first kappa shape index (κ1) is 26.0. The standard InChI is InChI=1S/C33H39N3O2/c1-4-5-12-26-16-18-28(19-17-26)36-23-27(22-32(36)37)33-34-29-13-6-7-14-30(29)35(33)20-8-9-21-38-31-15-10-11-24(2)25(31)3/h6-7,10-11,13-19,27H,4-5,8-9,12,20-23H2,1-3H3. The van der Waals surface area contributed by atoms with Crippen molar-refractivity contribution in [2.45, 2.75) is 71.8 Å². The van der Waals surface area contributed by atoms with Gasteiger partial charge in [0, 0.05) is 31.1 Å². The minimum Gasteiger partial charge on any atom is -0.493 e. The van der Waals surface area contributed by atoms with Crippen molar-refractivity contribution < 1.29 is 9.53 Å². The van der Waals surface area contributed by atoms with Crippen molar-refractivity contribution in [3.05, 3.63) is 89.2 Å². The number of carbonyl (C=O) groups excluding carboxylic acids is 1. The molecule has 3 aromatic carbocycles. The van der Waals surface area contributed by atoms with Gasteiger partial charge in [-0.2, -0.15) is 0 Å². The van der Waals surface area contributed by atoms with Crippen molar-refractivity contribution in [1.29, 1.82) is 0 Å². The SMILES string of the molecule is CCCCc1ccc(N2CC(c3nc4ccccc4n3CCCCOc3cccc(C)c3C)CC2=O)cc1. The summed E-state index contributed by atoms with van der Waals surface area (Å²) < 4.78 is 8.42. The molecule has 0 aliphatic carbocycles. The van der Waals surface area contributed by atoms with Crippen LogP contribution in [-0.4, -0.2) is 28.6 Å². The Morgan fingerprint density at radius 3 is 2.58 bits per heavy atom. The molecule has 0 radical (unpaired) electrons. The third-order valence-corrected chi connectivity index (χ3v) is 7.83. The Bertz CT molecular complexity index is 1390. The summed E-state index contributed by atoms with van der Waals surface area (Å²) in [6.07, 6.45) is 5.91. The summed E-state index contributed by atoms with van der Waals surface area (Å²) in [6, 6.07) is 23.1.